The summed E-state index contributed by atoms with van der Waals surface area (Å²) in [7, 11) is 1.37. The van der Waals surface area contributed by atoms with Gasteiger partial charge in [-0.1, -0.05) is 12.1 Å². The van der Waals surface area contributed by atoms with Gasteiger partial charge in [-0.15, -0.1) is 0 Å². The van der Waals surface area contributed by atoms with Crippen LogP contribution in [0.15, 0.2) is 48.5 Å². The first-order chi connectivity index (χ1) is 14.4. The number of piperazine rings is 1. The fraction of sp³-hybridized carbons (Fsp3) is 0.391. The van der Waals surface area contributed by atoms with Gasteiger partial charge in [0.1, 0.15) is 5.82 Å². The molecule has 0 spiro atoms. The van der Waals surface area contributed by atoms with Crippen molar-refractivity contribution in [1.82, 2.24) is 10.2 Å². The predicted octanol–water partition coefficient (Wildman–Crippen LogP) is 3.00. The molecule has 0 radical (unpaired) electrons. The first-order valence-corrected chi connectivity index (χ1v) is 10.1. The van der Waals surface area contributed by atoms with Crippen molar-refractivity contribution in [3.63, 3.8) is 0 Å². The fourth-order valence-corrected chi connectivity index (χ4v) is 3.70. The molecule has 0 aromatic heterocycles. The molecule has 0 saturated carbocycles. The Morgan fingerprint density at radius 3 is 2.40 bits per heavy atom. The summed E-state index contributed by atoms with van der Waals surface area (Å²) in [6, 6.07) is 13.6. The maximum absolute atomic E-state index is 13.1. The molecule has 0 aliphatic carbocycles. The molecule has 2 atom stereocenters. The third-order valence-corrected chi connectivity index (χ3v) is 5.51. The Morgan fingerprint density at radius 1 is 1.13 bits per heavy atom. The van der Waals surface area contributed by atoms with Crippen LogP contribution in [0.25, 0.3) is 0 Å². The molecule has 30 heavy (non-hydrogen) atoms. The fourth-order valence-electron chi connectivity index (χ4n) is 3.70. The number of halogens is 1. The smallest absolute Gasteiger partial charge is 0.337 e. The van der Waals surface area contributed by atoms with E-state index in [1.807, 2.05) is 19.1 Å². The van der Waals surface area contributed by atoms with Crippen molar-refractivity contribution in [2.45, 2.75) is 25.9 Å². The molecule has 0 bridgehead atoms. The minimum atomic E-state index is -0.347. The van der Waals surface area contributed by atoms with Crippen LogP contribution in [-0.2, 0) is 9.53 Å². The van der Waals surface area contributed by atoms with Crippen LogP contribution in [0.1, 0.15) is 35.8 Å². The van der Waals surface area contributed by atoms with Crippen molar-refractivity contribution in [3.8, 4) is 0 Å². The van der Waals surface area contributed by atoms with Crippen LogP contribution in [0.5, 0.6) is 0 Å². The number of esters is 1. The summed E-state index contributed by atoms with van der Waals surface area (Å²) in [5.74, 6) is -0.681. The number of nitrogens with zero attached hydrogens (tertiary/aromatic N) is 2. The van der Waals surface area contributed by atoms with Crippen LogP contribution in [0.3, 0.4) is 0 Å². The first-order valence-electron chi connectivity index (χ1n) is 10.1. The lowest BCUT2D eigenvalue weighted by atomic mass is 10.1. The van der Waals surface area contributed by atoms with E-state index < -0.39 is 0 Å². The molecule has 1 aliphatic heterocycles. The number of rotatable bonds is 6. The number of anilines is 1. The highest BCUT2D eigenvalue weighted by molar-refractivity contribution is 5.89. The SMILES string of the molecule is COC(=O)c1ccc(N2CCN(CC(=O)NC(C)c3ccc(F)cc3)C(C)C2)cc1. The van der Waals surface area contributed by atoms with Gasteiger partial charge in [-0.05, 0) is 55.8 Å². The predicted molar refractivity (Wildman–Crippen MR) is 114 cm³/mol. The van der Waals surface area contributed by atoms with Crippen molar-refractivity contribution in [1.29, 1.82) is 0 Å². The molecule has 160 valence electrons. The highest BCUT2D eigenvalue weighted by atomic mass is 19.1. The molecule has 7 heteroatoms. The van der Waals surface area contributed by atoms with Gasteiger partial charge in [0.25, 0.3) is 0 Å². The summed E-state index contributed by atoms with van der Waals surface area (Å²) < 4.78 is 17.8. The zero-order valence-electron chi connectivity index (χ0n) is 17.6. The Bertz CT molecular complexity index is 870. The van der Waals surface area contributed by atoms with E-state index in [1.54, 1.807) is 24.3 Å². The van der Waals surface area contributed by atoms with E-state index in [0.29, 0.717) is 12.1 Å². The normalized spacial score (nSPS) is 18.0. The quantitative estimate of drug-likeness (QED) is 0.738. The largest absolute Gasteiger partial charge is 0.465 e. The van der Waals surface area contributed by atoms with Gasteiger partial charge < -0.3 is 15.0 Å². The number of carbonyl (C=O) groups is 2. The van der Waals surface area contributed by atoms with Gasteiger partial charge in [-0.25, -0.2) is 9.18 Å². The zero-order valence-corrected chi connectivity index (χ0v) is 17.6. The highest BCUT2D eigenvalue weighted by Crippen LogP contribution is 2.20. The number of benzene rings is 2. The molecule has 2 aromatic carbocycles. The van der Waals surface area contributed by atoms with E-state index in [-0.39, 0.29) is 29.8 Å². The Labute approximate surface area is 176 Å². The summed E-state index contributed by atoms with van der Waals surface area (Å²) in [6.45, 7) is 6.66. The van der Waals surface area contributed by atoms with E-state index in [2.05, 4.69) is 22.0 Å². The number of amides is 1. The van der Waals surface area contributed by atoms with E-state index in [4.69, 9.17) is 4.74 Å². The lowest BCUT2D eigenvalue weighted by molar-refractivity contribution is -0.123. The monoisotopic (exact) mass is 413 g/mol. The Kier molecular flexibility index (Phi) is 7.05. The number of carbonyl (C=O) groups excluding carboxylic acids is 2. The Hall–Kier alpha value is -2.93. The maximum atomic E-state index is 13.1. The number of hydrogen-bond donors (Lipinski definition) is 1. The lowest BCUT2D eigenvalue weighted by Crippen LogP contribution is -2.54. The van der Waals surface area contributed by atoms with Crippen LogP contribution in [0.4, 0.5) is 10.1 Å². The van der Waals surface area contributed by atoms with E-state index >= 15 is 0 Å². The molecule has 1 saturated heterocycles. The Balaban J connectivity index is 1.52. The topological polar surface area (TPSA) is 61.9 Å². The van der Waals surface area contributed by atoms with E-state index in [1.165, 1.54) is 19.2 Å². The van der Waals surface area contributed by atoms with Crippen molar-refractivity contribution < 1.29 is 18.7 Å². The molecular formula is C23H28FN3O3. The van der Waals surface area contributed by atoms with Gasteiger partial charge >= 0.3 is 5.97 Å². The molecular weight excluding hydrogens is 385 g/mol. The summed E-state index contributed by atoms with van der Waals surface area (Å²) in [5.41, 5.74) is 2.45. The molecule has 3 rings (SSSR count). The molecule has 1 heterocycles. The number of nitrogens with one attached hydrogen (secondary N) is 1. The van der Waals surface area contributed by atoms with Crippen LogP contribution in [0.2, 0.25) is 0 Å². The second kappa shape index (κ2) is 9.71. The zero-order chi connectivity index (χ0) is 21.7. The van der Waals surface area contributed by atoms with Crippen molar-refractivity contribution in [3.05, 3.63) is 65.5 Å². The summed E-state index contributed by atoms with van der Waals surface area (Å²) in [4.78, 5) is 28.5. The molecule has 1 aliphatic rings. The highest BCUT2D eigenvalue weighted by Gasteiger charge is 2.26. The average molecular weight is 413 g/mol. The third-order valence-electron chi connectivity index (χ3n) is 5.51. The second-order valence-corrected chi connectivity index (χ2v) is 7.64. The van der Waals surface area contributed by atoms with Crippen molar-refractivity contribution >= 4 is 17.6 Å². The molecule has 2 aromatic rings. The van der Waals surface area contributed by atoms with Gasteiger partial charge in [0.15, 0.2) is 0 Å². The number of hydrogen-bond acceptors (Lipinski definition) is 5. The van der Waals surface area contributed by atoms with Gasteiger partial charge in [0.2, 0.25) is 5.91 Å². The molecule has 1 fully saturated rings. The number of ether oxygens (including phenoxy) is 1. The minimum Gasteiger partial charge on any atom is -0.465 e. The van der Waals surface area contributed by atoms with E-state index in [9.17, 15) is 14.0 Å². The standard InChI is InChI=1S/C23H28FN3O3/c1-16-14-27(21-10-6-19(7-11-21)23(29)30-3)13-12-26(16)15-22(28)25-17(2)18-4-8-20(24)9-5-18/h4-11,16-17H,12-15H2,1-3H3,(H,25,28). The summed E-state index contributed by atoms with van der Waals surface area (Å²) in [6.07, 6.45) is 0. The van der Waals surface area contributed by atoms with Crippen LogP contribution < -0.4 is 10.2 Å². The van der Waals surface area contributed by atoms with Gasteiger partial charge in [-0.3, -0.25) is 9.69 Å². The van der Waals surface area contributed by atoms with Crippen molar-refractivity contribution in [2.24, 2.45) is 0 Å². The maximum Gasteiger partial charge on any atom is 0.337 e. The molecule has 2 unspecified atom stereocenters. The average Bonchev–Trinajstić information content (AvgIpc) is 2.75. The first kappa shape index (κ1) is 21.8. The van der Waals surface area contributed by atoms with Crippen LogP contribution in [-0.4, -0.2) is 56.1 Å². The summed E-state index contributed by atoms with van der Waals surface area (Å²) >= 11 is 0. The van der Waals surface area contributed by atoms with Crippen LogP contribution >= 0.6 is 0 Å². The molecule has 1 N–H and O–H groups in total. The minimum absolute atomic E-state index is 0.0467. The lowest BCUT2D eigenvalue weighted by Gasteiger charge is -2.40. The van der Waals surface area contributed by atoms with Gasteiger partial charge in [-0.2, -0.15) is 0 Å². The Morgan fingerprint density at radius 2 is 1.80 bits per heavy atom. The summed E-state index contributed by atoms with van der Waals surface area (Å²) in [5, 5.41) is 2.99. The van der Waals surface area contributed by atoms with Crippen molar-refractivity contribution in [2.75, 3.05) is 38.2 Å². The number of methoxy groups -OCH3 is 1. The van der Waals surface area contributed by atoms with Gasteiger partial charge in [0.05, 0.1) is 25.3 Å². The third kappa shape index (κ3) is 5.36. The molecule has 1 amide bonds. The second-order valence-electron chi connectivity index (χ2n) is 7.64. The molecule has 6 nitrogen and oxygen atoms in total. The van der Waals surface area contributed by atoms with E-state index in [0.717, 1.165) is 30.9 Å². The van der Waals surface area contributed by atoms with Crippen LogP contribution in [0, 0.1) is 5.82 Å². The van der Waals surface area contributed by atoms with Gasteiger partial charge in [0, 0.05) is 31.4 Å².